The Hall–Kier alpha value is -3.28. The van der Waals surface area contributed by atoms with E-state index in [1.807, 2.05) is 0 Å². The van der Waals surface area contributed by atoms with E-state index < -0.39 is 35.4 Å². The third-order valence-corrected chi connectivity index (χ3v) is 6.02. The van der Waals surface area contributed by atoms with E-state index in [-0.39, 0.29) is 31.1 Å². The van der Waals surface area contributed by atoms with Crippen LogP contribution in [0.3, 0.4) is 0 Å². The summed E-state index contributed by atoms with van der Waals surface area (Å²) in [5.74, 6) is 5.47. The Bertz CT molecular complexity index is 1140. The van der Waals surface area contributed by atoms with Gasteiger partial charge in [-0.05, 0) is 25.0 Å². The van der Waals surface area contributed by atoms with Crippen LogP contribution in [0.25, 0.3) is 10.9 Å². The first-order valence-electron chi connectivity index (χ1n) is 10.1. The highest BCUT2D eigenvalue weighted by atomic mass is 19.1. The van der Waals surface area contributed by atoms with Gasteiger partial charge in [-0.15, -0.1) is 0 Å². The number of hydrogen-bond donors (Lipinski definition) is 4. The molecule has 168 valence electrons. The van der Waals surface area contributed by atoms with Gasteiger partial charge < -0.3 is 32.3 Å². The summed E-state index contributed by atoms with van der Waals surface area (Å²) in [6.45, 7) is 0.380. The largest absolute Gasteiger partial charge is 0.492 e. The van der Waals surface area contributed by atoms with Crippen molar-refractivity contribution in [1.29, 1.82) is 0 Å². The summed E-state index contributed by atoms with van der Waals surface area (Å²) in [6, 6.07) is 1.82. The number of benzene rings is 1. The lowest BCUT2D eigenvalue weighted by Crippen LogP contribution is -2.46. The number of urea groups is 1. The number of hydrogen-bond acceptors (Lipinski definition) is 7. The second-order valence-corrected chi connectivity index (χ2v) is 8.07. The van der Waals surface area contributed by atoms with E-state index in [1.165, 1.54) is 11.7 Å². The molecule has 1 aromatic heterocycles. The summed E-state index contributed by atoms with van der Waals surface area (Å²) >= 11 is 0. The quantitative estimate of drug-likeness (QED) is 0.422. The van der Waals surface area contributed by atoms with Gasteiger partial charge in [0.1, 0.15) is 11.7 Å². The van der Waals surface area contributed by atoms with Gasteiger partial charge in [-0.2, -0.15) is 4.68 Å². The number of anilines is 1. The first-order valence-corrected chi connectivity index (χ1v) is 10.1. The fraction of sp³-hybridized carbons (Fsp3) is 0.526. The van der Waals surface area contributed by atoms with Crippen molar-refractivity contribution in [3.8, 4) is 5.75 Å². The third kappa shape index (κ3) is 3.56. The number of halogens is 1. The minimum absolute atomic E-state index is 0.0540. The van der Waals surface area contributed by atoms with E-state index in [0.717, 1.165) is 12.8 Å². The van der Waals surface area contributed by atoms with Gasteiger partial charge in [-0.1, -0.05) is 0 Å². The number of nitrogen functional groups attached to an aromatic ring is 1. The SMILES string of the molecule is COc1c(N2CC(F)C(C(N)CNC(N)=O)C2)ccc2c(=O)n(N)c(=O)n(C3CC3)c12. The van der Waals surface area contributed by atoms with Gasteiger partial charge in [0.05, 0.1) is 18.2 Å². The van der Waals surface area contributed by atoms with Crippen LogP contribution in [0.15, 0.2) is 21.7 Å². The molecule has 4 rings (SSSR count). The minimum Gasteiger partial charge on any atom is -0.492 e. The van der Waals surface area contributed by atoms with Crippen LogP contribution in [-0.4, -0.2) is 54.2 Å². The van der Waals surface area contributed by atoms with Crippen LogP contribution in [0.2, 0.25) is 0 Å². The first kappa shape index (κ1) is 21.0. The van der Waals surface area contributed by atoms with E-state index in [0.29, 0.717) is 21.6 Å². The van der Waals surface area contributed by atoms with Crippen LogP contribution in [0.5, 0.6) is 5.75 Å². The zero-order valence-corrected chi connectivity index (χ0v) is 17.1. The Morgan fingerprint density at radius 3 is 2.65 bits per heavy atom. The summed E-state index contributed by atoms with van der Waals surface area (Å²) < 4.78 is 22.5. The highest BCUT2D eigenvalue weighted by molar-refractivity contribution is 5.91. The van der Waals surface area contributed by atoms with Crippen molar-refractivity contribution < 1.29 is 13.9 Å². The molecule has 1 aliphatic carbocycles. The second kappa shape index (κ2) is 7.76. The van der Waals surface area contributed by atoms with Crippen molar-refractivity contribution in [3.63, 3.8) is 0 Å². The van der Waals surface area contributed by atoms with Crippen molar-refractivity contribution in [2.45, 2.75) is 31.1 Å². The normalized spacial score (nSPS) is 22.0. The van der Waals surface area contributed by atoms with Crippen LogP contribution in [0, 0.1) is 5.92 Å². The first-order chi connectivity index (χ1) is 14.7. The molecule has 0 radical (unpaired) electrons. The number of fused-ring (bicyclic) bond motifs is 1. The molecule has 0 spiro atoms. The number of ether oxygens (including phenoxy) is 1. The number of methoxy groups -OCH3 is 1. The summed E-state index contributed by atoms with van der Waals surface area (Å²) in [6.07, 6.45) is 0.342. The molecule has 2 amide bonds. The topological polar surface area (TPSA) is 164 Å². The number of amides is 2. The lowest BCUT2D eigenvalue weighted by Gasteiger charge is -2.24. The van der Waals surface area contributed by atoms with Crippen molar-refractivity contribution >= 4 is 22.6 Å². The van der Waals surface area contributed by atoms with Gasteiger partial charge in [0.25, 0.3) is 5.56 Å². The Kier molecular flexibility index (Phi) is 5.25. The molecule has 3 atom stereocenters. The van der Waals surface area contributed by atoms with Gasteiger partial charge >= 0.3 is 11.7 Å². The van der Waals surface area contributed by atoms with Crippen molar-refractivity contribution in [1.82, 2.24) is 14.6 Å². The van der Waals surface area contributed by atoms with Crippen LogP contribution in [-0.2, 0) is 0 Å². The number of carbonyl (C=O) groups excluding carboxylic acids is 1. The molecule has 2 fully saturated rings. The van der Waals surface area contributed by atoms with Gasteiger partial charge in [0.2, 0.25) is 0 Å². The maximum absolute atomic E-state index is 14.8. The molecule has 2 heterocycles. The lowest BCUT2D eigenvalue weighted by molar-refractivity contribution is 0.235. The second-order valence-electron chi connectivity index (χ2n) is 8.07. The van der Waals surface area contributed by atoms with Crippen molar-refractivity contribution in [2.75, 3.05) is 37.5 Å². The number of primary amides is 1. The van der Waals surface area contributed by atoms with Crippen LogP contribution in [0.4, 0.5) is 14.9 Å². The molecule has 0 bridgehead atoms. The zero-order valence-electron chi connectivity index (χ0n) is 17.1. The monoisotopic (exact) mass is 435 g/mol. The minimum atomic E-state index is -1.24. The van der Waals surface area contributed by atoms with Crippen molar-refractivity contribution in [2.24, 2.45) is 17.4 Å². The molecule has 1 saturated heterocycles. The fourth-order valence-corrected chi connectivity index (χ4v) is 4.28. The van der Waals surface area contributed by atoms with E-state index in [2.05, 4.69) is 5.32 Å². The average molecular weight is 435 g/mol. The summed E-state index contributed by atoms with van der Waals surface area (Å²) in [5.41, 5.74) is 10.8. The number of nitrogens with zero attached hydrogens (tertiary/aromatic N) is 3. The smallest absolute Gasteiger partial charge is 0.350 e. The molecule has 2 aromatic rings. The van der Waals surface area contributed by atoms with Crippen LogP contribution >= 0.6 is 0 Å². The van der Waals surface area contributed by atoms with Crippen molar-refractivity contribution in [3.05, 3.63) is 33.0 Å². The number of rotatable bonds is 6. The number of nitrogens with one attached hydrogen (secondary N) is 1. The summed E-state index contributed by atoms with van der Waals surface area (Å²) in [5, 5.41) is 2.66. The van der Waals surface area contributed by atoms with E-state index in [1.54, 1.807) is 17.0 Å². The molecule has 1 saturated carbocycles. The maximum atomic E-state index is 14.8. The Balaban J connectivity index is 1.76. The Morgan fingerprint density at radius 2 is 2.03 bits per heavy atom. The number of carbonyl (C=O) groups is 1. The van der Waals surface area contributed by atoms with Crippen LogP contribution in [0.1, 0.15) is 18.9 Å². The third-order valence-electron chi connectivity index (χ3n) is 6.02. The standard InChI is InChI=1S/C19H26FN7O4/c1-31-16-14(25-7-11(12(20)8-25)13(21)6-24-18(22)29)5-4-10-15(16)26(9-2-3-9)19(30)27(23)17(10)28/h4-5,9,11-13H,2-3,6-8,21,23H2,1H3,(H3,22,24,29). The molecule has 11 nitrogen and oxygen atoms in total. The van der Waals surface area contributed by atoms with Gasteiger partial charge in [-0.25, -0.2) is 14.0 Å². The van der Waals surface area contributed by atoms with Gasteiger partial charge in [-0.3, -0.25) is 9.36 Å². The summed E-state index contributed by atoms with van der Waals surface area (Å²) in [7, 11) is 1.44. The molecule has 1 aromatic carbocycles. The zero-order chi connectivity index (χ0) is 22.4. The average Bonchev–Trinajstić information content (AvgIpc) is 3.50. The number of nitrogens with two attached hydrogens (primary N) is 3. The molecule has 7 N–H and O–H groups in total. The van der Waals surface area contributed by atoms with E-state index >= 15 is 0 Å². The molecule has 3 unspecified atom stereocenters. The predicted octanol–water partition coefficient (Wildman–Crippen LogP) is -1.01. The maximum Gasteiger partial charge on any atom is 0.350 e. The van der Waals surface area contributed by atoms with Crippen LogP contribution < -0.4 is 43.5 Å². The Morgan fingerprint density at radius 1 is 1.32 bits per heavy atom. The molecule has 1 aliphatic heterocycles. The molecule has 31 heavy (non-hydrogen) atoms. The van der Waals surface area contributed by atoms with Gasteiger partial charge in [0.15, 0.2) is 5.75 Å². The molecular weight excluding hydrogens is 409 g/mol. The molecular formula is C19H26FN7O4. The Labute approximate surface area is 176 Å². The predicted molar refractivity (Wildman–Crippen MR) is 114 cm³/mol. The molecule has 2 aliphatic rings. The van der Waals surface area contributed by atoms with E-state index in [4.69, 9.17) is 22.0 Å². The lowest BCUT2D eigenvalue weighted by atomic mass is 9.98. The highest BCUT2D eigenvalue weighted by Crippen LogP contribution is 2.42. The van der Waals surface area contributed by atoms with Gasteiger partial charge in [0, 0.05) is 37.6 Å². The fourth-order valence-electron chi connectivity index (χ4n) is 4.28. The van der Waals surface area contributed by atoms with E-state index in [9.17, 15) is 18.8 Å². The number of aromatic nitrogens is 2. The molecule has 12 heteroatoms. The highest BCUT2D eigenvalue weighted by Gasteiger charge is 2.39. The summed E-state index contributed by atoms with van der Waals surface area (Å²) in [4.78, 5) is 38.0. The number of alkyl halides is 1.